The molecule has 1 heterocycles. The van der Waals surface area contributed by atoms with Crippen LogP contribution in [0.1, 0.15) is 15.9 Å². The molecule has 0 radical (unpaired) electrons. The van der Waals surface area contributed by atoms with Crippen molar-refractivity contribution in [2.75, 3.05) is 0 Å². The summed E-state index contributed by atoms with van der Waals surface area (Å²) in [4.78, 5) is 10.8. The molecule has 5 nitrogen and oxygen atoms in total. The molecule has 0 atom stereocenters. The van der Waals surface area contributed by atoms with Crippen molar-refractivity contribution in [3.8, 4) is 11.3 Å². The molecule has 1 aromatic heterocycles. The van der Waals surface area contributed by atoms with Crippen LogP contribution in [-0.4, -0.2) is 26.1 Å². The molecule has 0 spiro atoms. The first-order chi connectivity index (χ1) is 8.80. The second kappa shape index (κ2) is 4.38. The number of halogens is 3. The van der Waals surface area contributed by atoms with Crippen molar-refractivity contribution in [1.29, 1.82) is 0 Å². The highest BCUT2D eigenvalue weighted by atomic mass is 19.4. The Morgan fingerprint density at radius 1 is 1.37 bits per heavy atom. The maximum Gasteiger partial charge on any atom is 0.417 e. The summed E-state index contributed by atoms with van der Waals surface area (Å²) in [5.41, 5.74) is -1.42. The number of nitrogens with zero attached hydrogens (tertiary/aromatic N) is 3. The van der Waals surface area contributed by atoms with Crippen molar-refractivity contribution in [1.82, 2.24) is 15.0 Å². The molecule has 0 fully saturated rings. The van der Waals surface area contributed by atoms with Gasteiger partial charge >= 0.3 is 12.1 Å². The fourth-order valence-corrected chi connectivity index (χ4v) is 1.68. The zero-order valence-electron chi connectivity index (χ0n) is 9.64. The van der Waals surface area contributed by atoms with Crippen molar-refractivity contribution >= 4 is 5.97 Å². The number of hydrogen-bond donors (Lipinski definition) is 1. The van der Waals surface area contributed by atoms with E-state index in [0.717, 1.165) is 12.1 Å². The molecule has 0 saturated carbocycles. The van der Waals surface area contributed by atoms with E-state index in [4.69, 9.17) is 5.11 Å². The number of hydrogen-bond acceptors (Lipinski definition) is 3. The lowest BCUT2D eigenvalue weighted by Gasteiger charge is -2.12. The minimum atomic E-state index is -4.74. The Hall–Kier alpha value is -2.38. The average Bonchev–Trinajstić information content (AvgIpc) is 2.73. The summed E-state index contributed by atoms with van der Waals surface area (Å²) in [6.07, 6.45) is -3.44. The molecule has 0 aliphatic rings. The monoisotopic (exact) mass is 271 g/mol. The number of rotatable bonds is 2. The number of benzene rings is 1. The normalized spacial score (nSPS) is 11.6. The molecule has 2 rings (SSSR count). The van der Waals surface area contributed by atoms with Gasteiger partial charge in [0.25, 0.3) is 0 Å². The third-order valence-corrected chi connectivity index (χ3v) is 2.57. The molecule has 2 aromatic rings. The lowest BCUT2D eigenvalue weighted by Crippen LogP contribution is -2.13. The summed E-state index contributed by atoms with van der Waals surface area (Å²) < 4.78 is 39.8. The van der Waals surface area contributed by atoms with E-state index in [1.807, 2.05) is 0 Å². The van der Waals surface area contributed by atoms with E-state index in [1.165, 1.54) is 24.0 Å². The molecule has 1 aromatic carbocycles. The smallest absolute Gasteiger partial charge is 0.417 e. The van der Waals surface area contributed by atoms with Crippen LogP contribution in [0.25, 0.3) is 11.3 Å². The molecular formula is C11H8F3N3O2. The molecule has 0 aliphatic heterocycles. The van der Waals surface area contributed by atoms with Gasteiger partial charge in [-0.3, -0.25) is 0 Å². The molecule has 100 valence electrons. The molecule has 0 saturated heterocycles. The summed E-state index contributed by atoms with van der Waals surface area (Å²) >= 11 is 0. The second-order valence-corrected chi connectivity index (χ2v) is 3.81. The number of aromatic nitrogens is 3. The van der Waals surface area contributed by atoms with E-state index in [2.05, 4.69) is 10.3 Å². The van der Waals surface area contributed by atoms with Crippen molar-refractivity contribution < 1.29 is 23.1 Å². The Morgan fingerprint density at radius 2 is 2.05 bits per heavy atom. The first kappa shape index (κ1) is 13.1. The molecule has 0 aliphatic carbocycles. The van der Waals surface area contributed by atoms with E-state index in [1.54, 1.807) is 0 Å². The topological polar surface area (TPSA) is 68.0 Å². The Kier molecular flexibility index (Phi) is 3.01. The van der Waals surface area contributed by atoms with Crippen molar-refractivity contribution in [3.63, 3.8) is 0 Å². The minimum Gasteiger partial charge on any atom is -0.478 e. The van der Waals surface area contributed by atoms with E-state index in [9.17, 15) is 18.0 Å². The SMILES string of the molecule is Cn1nncc1-c1ccc(C(=O)O)c(C(F)(F)F)c1. The van der Waals surface area contributed by atoms with Crippen LogP contribution < -0.4 is 0 Å². The molecular weight excluding hydrogens is 263 g/mol. The number of aromatic carboxylic acids is 1. The fraction of sp³-hybridized carbons (Fsp3) is 0.182. The standard InChI is InChI=1S/C11H8F3N3O2/c1-17-9(5-15-16-17)6-2-3-7(10(18)19)8(4-6)11(12,13)14/h2-5H,1H3,(H,18,19). The second-order valence-electron chi connectivity index (χ2n) is 3.81. The third-order valence-electron chi connectivity index (χ3n) is 2.57. The quantitative estimate of drug-likeness (QED) is 0.909. The van der Waals surface area contributed by atoms with Crippen LogP contribution in [0.15, 0.2) is 24.4 Å². The van der Waals surface area contributed by atoms with Crippen LogP contribution >= 0.6 is 0 Å². The van der Waals surface area contributed by atoms with Gasteiger partial charge in [-0.2, -0.15) is 13.2 Å². The predicted molar refractivity (Wildman–Crippen MR) is 58.4 cm³/mol. The predicted octanol–water partition coefficient (Wildman–Crippen LogP) is 2.20. The van der Waals surface area contributed by atoms with Crippen LogP contribution in [-0.2, 0) is 13.2 Å². The Bertz CT molecular complexity index is 634. The molecule has 0 unspecified atom stereocenters. The number of alkyl halides is 3. The van der Waals surface area contributed by atoms with Gasteiger partial charge in [-0.1, -0.05) is 11.3 Å². The van der Waals surface area contributed by atoms with Crippen LogP contribution in [0.3, 0.4) is 0 Å². The zero-order chi connectivity index (χ0) is 14.2. The molecule has 0 amide bonds. The fourth-order valence-electron chi connectivity index (χ4n) is 1.68. The first-order valence-electron chi connectivity index (χ1n) is 5.10. The number of carboxylic acid groups (broad SMARTS) is 1. The van der Waals surface area contributed by atoms with Crippen LogP contribution in [0, 0.1) is 0 Å². The highest BCUT2D eigenvalue weighted by molar-refractivity contribution is 5.90. The average molecular weight is 271 g/mol. The Balaban J connectivity index is 2.63. The van der Waals surface area contributed by atoms with Gasteiger partial charge in [-0.25, -0.2) is 9.48 Å². The first-order valence-corrected chi connectivity index (χ1v) is 5.10. The van der Waals surface area contributed by atoms with E-state index >= 15 is 0 Å². The van der Waals surface area contributed by atoms with Gasteiger partial charge in [0, 0.05) is 12.6 Å². The summed E-state index contributed by atoms with van der Waals surface area (Å²) in [5, 5.41) is 15.9. The maximum absolute atomic E-state index is 12.8. The van der Waals surface area contributed by atoms with Crippen LogP contribution in [0.4, 0.5) is 13.2 Å². The largest absolute Gasteiger partial charge is 0.478 e. The highest BCUT2D eigenvalue weighted by Gasteiger charge is 2.35. The number of carboxylic acids is 1. The van der Waals surface area contributed by atoms with E-state index in [-0.39, 0.29) is 5.56 Å². The summed E-state index contributed by atoms with van der Waals surface area (Å²) in [7, 11) is 1.53. The third kappa shape index (κ3) is 2.42. The van der Waals surface area contributed by atoms with E-state index in [0.29, 0.717) is 5.69 Å². The van der Waals surface area contributed by atoms with Gasteiger partial charge in [0.15, 0.2) is 0 Å². The summed E-state index contributed by atoms with van der Waals surface area (Å²) in [5.74, 6) is -1.62. The maximum atomic E-state index is 12.8. The van der Waals surface area contributed by atoms with Gasteiger partial charge in [0.05, 0.1) is 23.0 Å². The summed E-state index contributed by atoms with van der Waals surface area (Å²) in [6.45, 7) is 0. The number of carbonyl (C=O) groups is 1. The number of aryl methyl sites for hydroxylation is 1. The minimum absolute atomic E-state index is 0.199. The van der Waals surface area contributed by atoms with Crippen molar-refractivity contribution in [2.45, 2.75) is 6.18 Å². The highest BCUT2D eigenvalue weighted by Crippen LogP contribution is 2.34. The molecule has 8 heteroatoms. The van der Waals surface area contributed by atoms with Crippen molar-refractivity contribution in [2.24, 2.45) is 7.05 Å². The Morgan fingerprint density at radius 3 is 2.53 bits per heavy atom. The van der Waals surface area contributed by atoms with Crippen molar-refractivity contribution in [3.05, 3.63) is 35.5 Å². The molecule has 0 bridgehead atoms. The van der Waals surface area contributed by atoms with Crippen LogP contribution in [0.5, 0.6) is 0 Å². The van der Waals surface area contributed by atoms with Crippen LogP contribution in [0.2, 0.25) is 0 Å². The van der Waals surface area contributed by atoms with E-state index < -0.39 is 23.3 Å². The lowest BCUT2D eigenvalue weighted by molar-refractivity contribution is -0.138. The van der Waals surface area contributed by atoms with Gasteiger partial charge < -0.3 is 5.11 Å². The lowest BCUT2D eigenvalue weighted by atomic mass is 10.0. The van der Waals surface area contributed by atoms with Gasteiger partial charge in [0.2, 0.25) is 0 Å². The van der Waals surface area contributed by atoms with Gasteiger partial charge in [0.1, 0.15) is 0 Å². The van der Waals surface area contributed by atoms with Gasteiger partial charge in [-0.05, 0) is 12.1 Å². The van der Waals surface area contributed by atoms with Gasteiger partial charge in [-0.15, -0.1) is 5.10 Å². The molecule has 1 N–H and O–H groups in total. The zero-order valence-corrected chi connectivity index (χ0v) is 9.64. The Labute approximate surface area is 105 Å². The summed E-state index contributed by atoms with van der Waals surface area (Å²) in [6, 6.07) is 2.99. The molecule has 19 heavy (non-hydrogen) atoms.